The normalized spacial score (nSPS) is 12.6. The van der Waals surface area contributed by atoms with Gasteiger partial charge in [0.25, 0.3) is 0 Å². The van der Waals surface area contributed by atoms with Crippen molar-refractivity contribution in [2.24, 2.45) is 0 Å². The molecule has 0 radical (unpaired) electrons. The molecular weight excluding hydrogens is 234 g/mol. The lowest BCUT2D eigenvalue weighted by Gasteiger charge is -2.23. The standard InChI is InChI=1S/C13H19NO4/c1-18-10-12(15)8-14(9-13(16)17)7-11-5-3-2-4-6-11/h2-6,12,15H,7-10H2,1H3,(H,16,17)/t12-/m1/s1. The number of aliphatic carboxylic acids is 1. The van der Waals surface area contributed by atoms with E-state index in [0.29, 0.717) is 6.54 Å². The Morgan fingerprint density at radius 3 is 2.61 bits per heavy atom. The SMILES string of the molecule is COC[C@H](O)CN(CC(=O)O)Cc1ccccc1. The van der Waals surface area contributed by atoms with Gasteiger partial charge in [0.05, 0.1) is 19.3 Å². The molecule has 0 heterocycles. The number of ether oxygens (including phenoxy) is 1. The van der Waals surface area contributed by atoms with Crippen LogP contribution < -0.4 is 0 Å². The Kier molecular flexibility index (Phi) is 6.35. The number of nitrogens with zero attached hydrogens (tertiary/aromatic N) is 1. The highest BCUT2D eigenvalue weighted by molar-refractivity contribution is 5.69. The molecule has 0 aliphatic rings. The monoisotopic (exact) mass is 253 g/mol. The fourth-order valence-electron chi connectivity index (χ4n) is 1.76. The molecule has 0 bridgehead atoms. The van der Waals surface area contributed by atoms with Crippen LogP contribution in [-0.4, -0.2) is 54.0 Å². The van der Waals surface area contributed by atoms with Crippen molar-refractivity contribution in [3.05, 3.63) is 35.9 Å². The minimum absolute atomic E-state index is 0.102. The van der Waals surface area contributed by atoms with Gasteiger partial charge in [-0.05, 0) is 5.56 Å². The Balaban J connectivity index is 2.58. The number of aliphatic hydroxyl groups is 1. The molecule has 18 heavy (non-hydrogen) atoms. The molecule has 1 aromatic carbocycles. The third kappa shape index (κ3) is 5.77. The van der Waals surface area contributed by atoms with E-state index in [2.05, 4.69) is 0 Å². The highest BCUT2D eigenvalue weighted by Crippen LogP contribution is 2.05. The molecule has 2 N–H and O–H groups in total. The van der Waals surface area contributed by atoms with Crippen LogP contribution >= 0.6 is 0 Å². The molecule has 0 aliphatic heterocycles. The first-order valence-corrected chi connectivity index (χ1v) is 5.77. The maximum absolute atomic E-state index is 10.8. The van der Waals surface area contributed by atoms with Gasteiger partial charge in [-0.15, -0.1) is 0 Å². The zero-order valence-corrected chi connectivity index (χ0v) is 10.5. The number of benzene rings is 1. The summed E-state index contributed by atoms with van der Waals surface area (Å²) < 4.78 is 4.84. The van der Waals surface area contributed by atoms with Gasteiger partial charge in [-0.3, -0.25) is 9.69 Å². The summed E-state index contributed by atoms with van der Waals surface area (Å²) in [6.07, 6.45) is -0.682. The number of rotatable bonds is 8. The van der Waals surface area contributed by atoms with Crippen LogP contribution in [-0.2, 0) is 16.1 Å². The number of carbonyl (C=O) groups is 1. The Morgan fingerprint density at radius 2 is 2.06 bits per heavy atom. The first kappa shape index (κ1) is 14.6. The van der Waals surface area contributed by atoms with Crippen LogP contribution in [0, 0.1) is 0 Å². The highest BCUT2D eigenvalue weighted by Gasteiger charge is 2.14. The van der Waals surface area contributed by atoms with Crippen molar-refractivity contribution < 1.29 is 19.7 Å². The second-order valence-electron chi connectivity index (χ2n) is 4.16. The van der Waals surface area contributed by atoms with E-state index in [0.717, 1.165) is 5.56 Å². The summed E-state index contributed by atoms with van der Waals surface area (Å²) in [5, 5.41) is 18.5. The quantitative estimate of drug-likeness (QED) is 0.709. The van der Waals surface area contributed by atoms with Gasteiger partial charge in [-0.25, -0.2) is 0 Å². The van der Waals surface area contributed by atoms with Gasteiger partial charge in [0, 0.05) is 20.2 Å². The molecule has 5 heteroatoms. The van der Waals surface area contributed by atoms with Crippen molar-refractivity contribution in [2.45, 2.75) is 12.6 Å². The van der Waals surface area contributed by atoms with E-state index in [1.165, 1.54) is 7.11 Å². The predicted octanol–water partition coefficient (Wildman–Crippen LogP) is 0.581. The first-order chi connectivity index (χ1) is 8.61. The minimum atomic E-state index is -0.907. The van der Waals surface area contributed by atoms with Crippen LogP contribution in [0.3, 0.4) is 0 Å². The first-order valence-electron chi connectivity index (χ1n) is 5.77. The average molecular weight is 253 g/mol. The van der Waals surface area contributed by atoms with Crippen LogP contribution in [0.2, 0.25) is 0 Å². The van der Waals surface area contributed by atoms with Gasteiger partial charge in [-0.1, -0.05) is 30.3 Å². The smallest absolute Gasteiger partial charge is 0.317 e. The van der Waals surface area contributed by atoms with Crippen LogP contribution in [0.1, 0.15) is 5.56 Å². The van der Waals surface area contributed by atoms with Crippen molar-refractivity contribution in [2.75, 3.05) is 26.8 Å². The molecule has 0 aromatic heterocycles. The minimum Gasteiger partial charge on any atom is -0.480 e. The molecule has 0 fully saturated rings. The van der Waals surface area contributed by atoms with E-state index in [-0.39, 0.29) is 19.7 Å². The zero-order valence-electron chi connectivity index (χ0n) is 10.5. The Morgan fingerprint density at radius 1 is 1.39 bits per heavy atom. The summed E-state index contributed by atoms with van der Waals surface area (Å²) >= 11 is 0. The lowest BCUT2D eigenvalue weighted by molar-refractivity contribution is -0.138. The fraction of sp³-hybridized carbons (Fsp3) is 0.462. The molecule has 0 saturated carbocycles. The second kappa shape index (κ2) is 7.81. The topological polar surface area (TPSA) is 70.0 Å². The summed E-state index contributed by atoms with van der Waals surface area (Å²) in [4.78, 5) is 12.5. The molecule has 0 saturated heterocycles. The van der Waals surface area contributed by atoms with Gasteiger partial charge >= 0.3 is 5.97 Å². The summed E-state index contributed by atoms with van der Waals surface area (Å²) in [6.45, 7) is 0.865. The van der Waals surface area contributed by atoms with Gasteiger partial charge in [-0.2, -0.15) is 0 Å². The highest BCUT2D eigenvalue weighted by atomic mass is 16.5. The van der Waals surface area contributed by atoms with Crippen molar-refractivity contribution in [3.63, 3.8) is 0 Å². The number of carboxylic acid groups (broad SMARTS) is 1. The van der Waals surface area contributed by atoms with Crippen molar-refractivity contribution in [1.82, 2.24) is 4.90 Å². The van der Waals surface area contributed by atoms with Gasteiger partial charge in [0.15, 0.2) is 0 Å². The summed E-state index contributed by atoms with van der Waals surface area (Å²) in [7, 11) is 1.50. The second-order valence-corrected chi connectivity index (χ2v) is 4.16. The molecule has 1 atom stereocenters. The van der Waals surface area contributed by atoms with Crippen molar-refractivity contribution >= 4 is 5.97 Å². The lowest BCUT2D eigenvalue weighted by Crippen LogP contribution is -2.37. The number of hydrogen-bond acceptors (Lipinski definition) is 4. The Labute approximate surface area is 107 Å². The van der Waals surface area contributed by atoms with Crippen LogP contribution in [0.25, 0.3) is 0 Å². The number of hydrogen-bond donors (Lipinski definition) is 2. The van der Waals surface area contributed by atoms with E-state index >= 15 is 0 Å². The predicted molar refractivity (Wildman–Crippen MR) is 67.2 cm³/mol. The van der Waals surface area contributed by atoms with Gasteiger partial charge in [0.1, 0.15) is 0 Å². The largest absolute Gasteiger partial charge is 0.480 e. The van der Waals surface area contributed by atoms with E-state index in [4.69, 9.17) is 9.84 Å². The molecule has 1 aromatic rings. The van der Waals surface area contributed by atoms with E-state index < -0.39 is 12.1 Å². The molecular formula is C13H19NO4. The van der Waals surface area contributed by atoms with E-state index in [1.807, 2.05) is 30.3 Å². The number of carboxylic acids is 1. The third-order valence-electron chi connectivity index (χ3n) is 2.44. The lowest BCUT2D eigenvalue weighted by atomic mass is 10.2. The summed E-state index contributed by atoms with van der Waals surface area (Å²) in [5.74, 6) is -0.907. The van der Waals surface area contributed by atoms with Crippen molar-refractivity contribution in [1.29, 1.82) is 0 Å². The average Bonchev–Trinajstić information content (AvgIpc) is 2.29. The molecule has 100 valence electrons. The number of aliphatic hydroxyl groups excluding tert-OH is 1. The van der Waals surface area contributed by atoms with E-state index in [9.17, 15) is 9.90 Å². The maximum Gasteiger partial charge on any atom is 0.317 e. The van der Waals surface area contributed by atoms with Crippen LogP contribution in [0.15, 0.2) is 30.3 Å². The van der Waals surface area contributed by atoms with Gasteiger partial charge in [0.2, 0.25) is 0 Å². The summed E-state index contributed by atoms with van der Waals surface area (Å²) in [6, 6.07) is 9.57. The van der Waals surface area contributed by atoms with Crippen LogP contribution in [0.5, 0.6) is 0 Å². The number of methoxy groups -OCH3 is 1. The van der Waals surface area contributed by atoms with Gasteiger partial charge < -0.3 is 14.9 Å². The third-order valence-corrected chi connectivity index (χ3v) is 2.44. The summed E-state index contributed by atoms with van der Waals surface area (Å²) in [5.41, 5.74) is 1.02. The van der Waals surface area contributed by atoms with Crippen molar-refractivity contribution in [3.8, 4) is 0 Å². The molecule has 1 rings (SSSR count). The molecule has 5 nitrogen and oxygen atoms in total. The molecule has 0 unspecified atom stereocenters. The molecule has 0 spiro atoms. The van der Waals surface area contributed by atoms with Crippen LogP contribution in [0.4, 0.5) is 0 Å². The Bertz CT molecular complexity index is 355. The molecule has 0 amide bonds. The van der Waals surface area contributed by atoms with E-state index in [1.54, 1.807) is 4.90 Å². The molecule has 0 aliphatic carbocycles. The maximum atomic E-state index is 10.8. The Hall–Kier alpha value is -1.43. The zero-order chi connectivity index (χ0) is 13.4. The fourth-order valence-corrected chi connectivity index (χ4v) is 1.76.